The van der Waals surface area contributed by atoms with Crippen LogP contribution < -0.4 is 5.73 Å². The van der Waals surface area contributed by atoms with Gasteiger partial charge in [-0.2, -0.15) is 0 Å². The Hall–Kier alpha value is -0.130. The van der Waals surface area contributed by atoms with Gasteiger partial charge in [0.25, 0.3) is 0 Å². The molecule has 0 bridgehead atoms. The molecule has 1 unspecified atom stereocenters. The van der Waals surface area contributed by atoms with Crippen molar-refractivity contribution in [2.45, 2.75) is 13.3 Å². The molecule has 0 aromatic carbocycles. The molecule has 1 atom stereocenters. The lowest BCUT2D eigenvalue weighted by Crippen LogP contribution is -2.33. The summed E-state index contributed by atoms with van der Waals surface area (Å²) in [4.78, 5) is 0. The normalized spacial score (nSPS) is 26.3. The van der Waals surface area contributed by atoms with Crippen molar-refractivity contribution in [3.05, 3.63) is 0 Å². The fraction of sp³-hybridized carbons (Fsp3) is 1.00. The van der Waals surface area contributed by atoms with Crippen LogP contribution in [0.4, 0.5) is 0 Å². The smallest absolute Gasteiger partial charge is 0.215 e. The van der Waals surface area contributed by atoms with Crippen LogP contribution in [0.1, 0.15) is 13.3 Å². The monoisotopic (exact) mass is 192 g/mol. The molecule has 12 heavy (non-hydrogen) atoms. The third-order valence-corrected chi connectivity index (χ3v) is 4.03. The Kier molecular flexibility index (Phi) is 3.09. The van der Waals surface area contributed by atoms with Gasteiger partial charge in [0.2, 0.25) is 10.0 Å². The van der Waals surface area contributed by atoms with E-state index in [4.69, 9.17) is 5.73 Å². The van der Waals surface area contributed by atoms with E-state index in [9.17, 15) is 8.42 Å². The number of nitrogens with zero attached hydrogens (tertiary/aromatic N) is 1. The van der Waals surface area contributed by atoms with Gasteiger partial charge in [0.15, 0.2) is 0 Å². The van der Waals surface area contributed by atoms with Crippen LogP contribution in [0, 0.1) is 5.92 Å². The summed E-state index contributed by atoms with van der Waals surface area (Å²) in [5.41, 5.74) is 5.21. The molecule has 4 nitrogen and oxygen atoms in total. The van der Waals surface area contributed by atoms with Gasteiger partial charge in [0.1, 0.15) is 0 Å². The van der Waals surface area contributed by atoms with Gasteiger partial charge in [-0.15, -0.1) is 0 Å². The van der Waals surface area contributed by atoms with E-state index in [2.05, 4.69) is 6.92 Å². The van der Waals surface area contributed by atoms with Gasteiger partial charge < -0.3 is 5.73 Å². The fourth-order valence-electron chi connectivity index (χ4n) is 1.43. The first-order valence-electron chi connectivity index (χ1n) is 4.24. The molecule has 1 heterocycles. The number of nitrogens with two attached hydrogens (primary N) is 1. The number of hydrogen-bond donors (Lipinski definition) is 1. The SMILES string of the molecule is CC1CCN(S(=O)(=O)CCN)C1. The minimum atomic E-state index is -3.03. The quantitative estimate of drug-likeness (QED) is 0.663. The highest BCUT2D eigenvalue weighted by molar-refractivity contribution is 7.89. The minimum absolute atomic E-state index is 0.0831. The molecule has 0 aromatic heterocycles. The van der Waals surface area contributed by atoms with Crippen molar-refractivity contribution in [3.8, 4) is 0 Å². The molecule has 0 saturated carbocycles. The van der Waals surface area contributed by atoms with E-state index in [0.717, 1.165) is 6.42 Å². The Bertz CT molecular complexity index is 238. The third-order valence-electron chi connectivity index (χ3n) is 2.16. The van der Waals surface area contributed by atoms with Gasteiger partial charge in [0, 0.05) is 19.6 Å². The highest BCUT2D eigenvalue weighted by Gasteiger charge is 2.28. The van der Waals surface area contributed by atoms with E-state index >= 15 is 0 Å². The summed E-state index contributed by atoms with van der Waals surface area (Å²) in [5.74, 6) is 0.581. The molecule has 0 spiro atoms. The second-order valence-corrected chi connectivity index (χ2v) is 5.45. The highest BCUT2D eigenvalue weighted by atomic mass is 32.2. The van der Waals surface area contributed by atoms with Crippen LogP contribution in [0.25, 0.3) is 0 Å². The summed E-state index contributed by atoms with van der Waals surface area (Å²) in [6, 6.07) is 0. The zero-order chi connectivity index (χ0) is 9.19. The Morgan fingerprint density at radius 2 is 2.25 bits per heavy atom. The predicted molar refractivity (Wildman–Crippen MR) is 48.2 cm³/mol. The van der Waals surface area contributed by atoms with Crippen LogP contribution in [-0.2, 0) is 10.0 Å². The summed E-state index contributed by atoms with van der Waals surface area (Å²) in [5, 5.41) is 0. The summed E-state index contributed by atoms with van der Waals surface area (Å²) in [7, 11) is -3.03. The molecule has 1 rings (SSSR count). The molecule has 0 aromatic rings. The molecule has 1 saturated heterocycles. The van der Waals surface area contributed by atoms with Crippen LogP contribution >= 0.6 is 0 Å². The van der Waals surface area contributed by atoms with Gasteiger partial charge in [-0.3, -0.25) is 0 Å². The average Bonchev–Trinajstić information content (AvgIpc) is 2.36. The van der Waals surface area contributed by atoms with E-state index in [1.165, 1.54) is 0 Å². The summed E-state index contributed by atoms with van der Waals surface area (Å²) in [6.45, 7) is 3.62. The Balaban J connectivity index is 2.58. The molecule has 1 aliphatic rings. The second kappa shape index (κ2) is 3.72. The summed E-state index contributed by atoms with van der Waals surface area (Å²) >= 11 is 0. The topological polar surface area (TPSA) is 63.4 Å². The lowest BCUT2D eigenvalue weighted by molar-refractivity contribution is 0.464. The lowest BCUT2D eigenvalue weighted by atomic mass is 10.2. The molecule has 2 N–H and O–H groups in total. The van der Waals surface area contributed by atoms with Gasteiger partial charge in [-0.25, -0.2) is 12.7 Å². The molecule has 5 heteroatoms. The Labute approximate surface area is 73.8 Å². The van der Waals surface area contributed by atoms with Crippen LogP contribution in [0.3, 0.4) is 0 Å². The molecule has 0 aliphatic carbocycles. The maximum absolute atomic E-state index is 11.4. The molecule has 0 amide bonds. The standard InChI is InChI=1S/C7H16N2O2S/c1-7-2-4-9(6-7)12(10,11)5-3-8/h7H,2-6,8H2,1H3. The first-order valence-corrected chi connectivity index (χ1v) is 5.85. The van der Waals surface area contributed by atoms with Gasteiger partial charge in [0.05, 0.1) is 5.75 Å². The Morgan fingerprint density at radius 1 is 1.58 bits per heavy atom. The maximum Gasteiger partial charge on any atom is 0.215 e. The lowest BCUT2D eigenvalue weighted by Gasteiger charge is -2.14. The van der Waals surface area contributed by atoms with Crippen LogP contribution in [0.15, 0.2) is 0 Å². The van der Waals surface area contributed by atoms with E-state index in [-0.39, 0.29) is 12.3 Å². The second-order valence-electron chi connectivity index (χ2n) is 3.36. The first kappa shape index (κ1) is 9.95. The van der Waals surface area contributed by atoms with E-state index in [1.807, 2.05) is 0 Å². The van der Waals surface area contributed by atoms with Crippen molar-refractivity contribution in [1.82, 2.24) is 4.31 Å². The molecule has 1 fully saturated rings. The molecule has 0 radical (unpaired) electrons. The van der Waals surface area contributed by atoms with Crippen molar-refractivity contribution in [2.24, 2.45) is 11.7 Å². The zero-order valence-electron chi connectivity index (χ0n) is 7.36. The maximum atomic E-state index is 11.4. The molecule has 72 valence electrons. The molecule has 1 aliphatic heterocycles. The van der Waals surface area contributed by atoms with Crippen molar-refractivity contribution >= 4 is 10.0 Å². The van der Waals surface area contributed by atoms with Crippen molar-refractivity contribution in [2.75, 3.05) is 25.4 Å². The summed E-state index contributed by atoms with van der Waals surface area (Å²) < 4.78 is 24.4. The number of hydrogen-bond acceptors (Lipinski definition) is 3. The average molecular weight is 192 g/mol. The minimum Gasteiger partial charge on any atom is -0.329 e. The molecular formula is C7H16N2O2S. The highest BCUT2D eigenvalue weighted by Crippen LogP contribution is 2.18. The fourth-order valence-corrected chi connectivity index (χ4v) is 2.85. The number of sulfonamides is 1. The number of rotatable bonds is 3. The predicted octanol–water partition coefficient (Wildman–Crippen LogP) is -0.383. The largest absolute Gasteiger partial charge is 0.329 e. The van der Waals surface area contributed by atoms with Crippen molar-refractivity contribution < 1.29 is 8.42 Å². The van der Waals surface area contributed by atoms with Crippen LogP contribution in [-0.4, -0.2) is 38.1 Å². The zero-order valence-corrected chi connectivity index (χ0v) is 8.18. The van der Waals surface area contributed by atoms with Gasteiger partial charge >= 0.3 is 0 Å². The summed E-state index contributed by atoms with van der Waals surface area (Å²) in [6.07, 6.45) is 0.976. The van der Waals surface area contributed by atoms with Gasteiger partial charge in [-0.1, -0.05) is 6.92 Å². The van der Waals surface area contributed by atoms with Crippen molar-refractivity contribution in [3.63, 3.8) is 0 Å². The molecular weight excluding hydrogens is 176 g/mol. The van der Waals surface area contributed by atoms with E-state index in [0.29, 0.717) is 19.0 Å². The van der Waals surface area contributed by atoms with Crippen molar-refractivity contribution in [1.29, 1.82) is 0 Å². The van der Waals surface area contributed by atoms with Crippen LogP contribution in [0.2, 0.25) is 0 Å². The van der Waals surface area contributed by atoms with E-state index in [1.54, 1.807) is 4.31 Å². The third kappa shape index (κ3) is 2.18. The van der Waals surface area contributed by atoms with Gasteiger partial charge in [-0.05, 0) is 12.3 Å². The Morgan fingerprint density at radius 3 is 2.67 bits per heavy atom. The van der Waals surface area contributed by atoms with Crippen LogP contribution in [0.5, 0.6) is 0 Å². The first-order chi connectivity index (χ1) is 5.56. The van der Waals surface area contributed by atoms with E-state index < -0.39 is 10.0 Å².